The molecule has 8 heteroatoms. The number of hydrogen-bond acceptors (Lipinski definition) is 6. The van der Waals surface area contributed by atoms with Crippen LogP contribution in [0, 0.1) is 10.1 Å². The van der Waals surface area contributed by atoms with Crippen molar-refractivity contribution in [2.75, 3.05) is 0 Å². The summed E-state index contributed by atoms with van der Waals surface area (Å²) >= 11 is 3.33. The molecule has 0 saturated heterocycles. The van der Waals surface area contributed by atoms with E-state index in [0.29, 0.717) is 5.75 Å². The second kappa shape index (κ2) is 7.57. The van der Waals surface area contributed by atoms with E-state index in [9.17, 15) is 10.1 Å². The van der Waals surface area contributed by atoms with E-state index >= 15 is 0 Å². The zero-order valence-electron chi connectivity index (χ0n) is 12.9. The number of benzene rings is 1. The van der Waals surface area contributed by atoms with Gasteiger partial charge in [0.2, 0.25) is 0 Å². The highest BCUT2D eigenvalue weighted by molar-refractivity contribution is 9.10. The van der Waals surface area contributed by atoms with E-state index in [1.54, 1.807) is 24.3 Å². The molecule has 24 heavy (non-hydrogen) atoms. The van der Waals surface area contributed by atoms with Gasteiger partial charge >= 0.3 is 17.4 Å². The maximum atomic E-state index is 11.5. The summed E-state index contributed by atoms with van der Waals surface area (Å²) in [5.41, 5.74) is -0.342. The standard InChI is InChI=1S/C16H16BrN3O4/c17-11-6-8-13(9-7-11)24-16-14(20(21)22)15(18-10-19-16)23-12-4-2-1-3-5-12/h6-10,12H,1-5H2. The molecule has 0 spiro atoms. The van der Waals surface area contributed by atoms with E-state index in [0.717, 1.165) is 30.2 Å². The quantitative estimate of drug-likeness (QED) is 0.542. The van der Waals surface area contributed by atoms with Gasteiger partial charge in [0, 0.05) is 4.47 Å². The minimum Gasteiger partial charge on any atom is -0.469 e. The van der Waals surface area contributed by atoms with E-state index in [2.05, 4.69) is 25.9 Å². The first-order valence-electron chi connectivity index (χ1n) is 7.73. The average Bonchev–Trinajstić information content (AvgIpc) is 2.58. The topological polar surface area (TPSA) is 87.4 Å². The maximum Gasteiger partial charge on any atom is 0.392 e. The molecule has 0 amide bonds. The minimum atomic E-state index is -0.563. The SMILES string of the molecule is O=[N+]([O-])c1c(Oc2ccc(Br)cc2)ncnc1OC1CCCCC1. The van der Waals surface area contributed by atoms with E-state index in [1.807, 2.05) is 0 Å². The van der Waals surface area contributed by atoms with Crippen molar-refractivity contribution in [3.05, 3.63) is 45.2 Å². The van der Waals surface area contributed by atoms with Crippen LogP contribution in [-0.2, 0) is 0 Å². The Morgan fingerprint density at radius 1 is 1.08 bits per heavy atom. The summed E-state index contributed by atoms with van der Waals surface area (Å²) in [7, 11) is 0. The van der Waals surface area contributed by atoms with Gasteiger partial charge in [-0.3, -0.25) is 10.1 Å². The lowest BCUT2D eigenvalue weighted by Crippen LogP contribution is -2.21. The summed E-state index contributed by atoms with van der Waals surface area (Å²) in [6, 6.07) is 6.94. The third-order valence-electron chi connectivity index (χ3n) is 3.80. The number of hydrogen-bond donors (Lipinski definition) is 0. The Morgan fingerprint density at radius 3 is 2.42 bits per heavy atom. The van der Waals surface area contributed by atoms with Gasteiger partial charge in [0.15, 0.2) is 0 Å². The average molecular weight is 394 g/mol. The van der Waals surface area contributed by atoms with Crippen LogP contribution in [0.25, 0.3) is 0 Å². The second-order valence-electron chi connectivity index (χ2n) is 5.52. The van der Waals surface area contributed by atoms with Crippen molar-refractivity contribution >= 4 is 21.6 Å². The Bertz CT molecular complexity index is 718. The first-order chi connectivity index (χ1) is 11.6. The molecule has 2 aromatic rings. The molecule has 0 N–H and O–H groups in total. The zero-order chi connectivity index (χ0) is 16.9. The smallest absolute Gasteiger partial charge is 0.392 e. The molecule has 7 nitrogen and oxygen atoms in total. The van der Waals surface area contributed by atoms with Crippen molar-refractivity contribution in [2.45, 2.75) is 38.2 Å². The molecule has 126 valence electrons. The van der Waals surface area contributed by atoms with Crippen molar-refractivity contribution in [3.63, 3.8) is 0 Å². The molecular weight excluding hydrogens is 378 g/mol. The number of halogens is 1. The fourth-order valence-electron chi connectivity index (χ4n) is 2.62. The summed E-state index contributed by atoms with van der Waals surface area (Å²) in [6.45, 7) is 0. The molecule has 0 bridgehead atoms. The Balaban J connectivity index is 1.86. The highest BCUT2D eigenvalue weighted by atomic mass is 79.9. The summed E-state index contributed by atoms with van der Waals surface area (Å²) in [6.07, 6.45) is 6.22. The molecule has 0 atom stereocenters. The van der Waals surface area contributed by atoms with Crippen molar-refractivity contribution in [3.8, 4) is 17.5 Å². The van der Waals surface area contributed by atoms with Gasteiger partial charge < -0.3 is 9.47 Å². The van der Waals surface area contributed by atoms with Crippen LogP contribution in [0.15, 0.2) is 35.1 Å². The first kappa shape index (κ1) is 16.6. The van der Waals surface area contributed by atoms with Crippen LogP contribution >= 0.6 is 15.9 Å². The van der Waals surface area contributed by atoms with Crippen molar-refractivity contribution in [2.24, 2.45) is 0 Å². The lowest BCUT2D eigenvalue weighted by molar-refractivity contribution is -0.387. The monoisotopic (exact) mass is 393 g/mol. The molecule has 1 fully saturated rings. The Labute approximate surface area is 147 Å². The van der Waals surface area contributed by atoms with Crippen LogP contribution in [0.3, 0.4) is 0 Å². The Hall–Kier alpha value is -2.22. The van der Waals surface area contributed by atoms with Gasteiger partial charge in [-0.25, -0.2) is 0 Å². The number of nitro groups is 1. The molecule has 0 unspecified atom stereocenters. The van der Waals surface area contributed by atoms with Crippen LogP contribution in [0.2, 0.25) is 0 Å². The zero-order valence-corrected chi connectivity index (χ0v) is 14.4. The second-order valence-corrected chi connectivity index (χ2v) is 6.44. The summed E-state index contributed by atoms with van der Waals surface area (Å²) in [4.78, 5) is 18.8. The molecule has 0 aliphatic heterocycles. The van der Waals surface area contributed by atoms with Crippen LogP contribution < -0.4 is 9.47 Å². The van der Waals surface area contributed by atoms with Crippen molar-refractivity contribution < 1.29 is 14.4 Å². The first-order valence-corrected chi connectivity index (χ1v) is 8.52. The molecule has 1 aromatic heterocycles. The van der Waals surface area contributed by atoms with Gasteiger partial charge in [0.25, 0.3) is 0 Å². The summed E-state index contributed by atoms with van der Waals surface area (Å²) in [5, 5.41) is 11.5. The molecule has 1 aromatic carbocycles. The van der Waals surface area contributed by atoms with Gasteiger partial charge in [-0.05, 0) is 49.9 Å². The maximum absolute atomic E-state index is 11.5. The molecule has 1 saturated carbocycles. The van der Waals surface area contributed by atoms with E-state index in [-0.39, 0.29) is 23.6 Å². The van der Waals surface area contributed by atoms with Crippen LogP contribution in [0.4, 0.5) is 5.69 Å². The third-order valence-corrected chi connectivity index (χ3v) is 4.33. The summed E-state index contributed by atoms with van der Waals surface area (Å²) in [5.74, 6) is 0.292. The number of ether oxygens (including phenoxy) is 2. The largest absolute Gasteiger partial charge is 0.469 e. The molecule has 1 heterocycles. The number of rotatable bonds is 5. The molecule has 3 rings (SSSR count). The lowest BCUT2D eigenvalue weighted by Gasteiger charge is -2.22. The Kier molecular flexibility index (Phi) is 5.24. The Morgan fingerprint density at radius 2 is 1.75 bits per heavy atom. The van der Waals surface area contributed by atoms with Gasteiger partial charge in [-0.15, -0.1) is 0 Å². The van der Waals surface area contributed by atoms with Gasteiger partial charge in [-0.1, -0.05) is 22.4 Å². The van der Waals surface area contributed by atoms with Crippen molar-refractivity contribution in [1.29, 1.82) is 0 Å². The van der Waals surface area contributed by atoms with Crippen molar-refractivity contribution in [1.82, 2.24) is 9.97 Å². The fourth-order valence-corrected chi connectivity index (χ4v) is 2.88. The normalized spacial score (nSPS) is 15.0. The van der Waals surface area contributed by atoms with Gasteiger partial charge in [-0.2, -0.15) is 9.97 Å². The molecular formula is C16H16BrN3O4. The van der Waals surface area contributed by atoms with Crippen LogP contribution in [0.5, 0.6) is 17.5 Å². The highest BCUT2D eigenvalue weighted by Gasteiger charge is 2.29. The van der Waals surface area contributed by atoms with E-state index < -0.39 is 4.92 Å². The number of aromatic nitrogens is 2. The molecule has 0 radical (unpaired) electrons. The fraction of sp³-hybridized carbons (Fsp3) is 0.375. The predicted octanol–water partition coefficient (Wildman–Crippen LogP) is 4.65. The lowest BCUT2D eigenvalue weighted by atomic mass is 9.98. The molecule has 1 aliphatic carbocycles. The van der Waals surface area contributed by atoms with E-state index in [1.165, 1.54) is 12.7 Å². The van der Waals surface area contributed by atoms with E-state index in [4.69, 9.17) is 9.47 Å². The number of nitrogens with zero attached hydrogens (tertiary/aromatic N) is 3. The summed E-state index contributed by atoms with van der Waals surface area (Å²) < 4.78 is 12.2. The van der Waals surface area contributed by atoms with Gasteiger partial charge in [0.05, 0.1) is 4.92 Å². The predicted molar refractivity (Wildman–Crippen MR) is 90.4 cm³/mol. The minimum absolute atomic E-state index is 0.0333. The third kappa shape index (κ3) is 4.00. The highest BCUT2D eigenvalue weighted by Crippen LogP contribution is 2.37. The molecule has 1 aliphatic rings. The van der Waals surface area contributed by atoms with Crippen LogP contribution in [0.1, 0.15) is 32.1 Å². The van der Waals surface area contributed by atoms with Crippen LogP contribution in [-0.4, -0.2) is 21.0 Å². The van der Waals surface area contributed by atoms with Gasteiger partial charge in [0.1, 0.15) is 18.2 Å².